The lowest BCUT2D eigenvalue weighted by molar-refractivity contribution is 0.0764. The van der Waals surface area contributed by atoms with Crippen molar-refractivity contribution in [2.24, 2.45) is 0 Å². The van der Waals surface area contributed by atoms with E-state index in [1.807, 2.05) is 16.7 Å². The van der Waals surface area contributed by atoms with Crippen LogP contribution in [0.1, 0.15) is 17.3 Å². The first-order valence-electron chi connectivity index (χ1n) is 5.97. The zero-order chi connectivity index (χ0) is 13.1. The van der Waals surface area contributed by atoms with E-state index in [2.05, 4.69) is 6.92 Å². The number of hydrogen-bond acceptors (Lipinski definition) is 4. The molecule has 2 rings (SSSR count). The van der Waals surface area contributed by atoms with Gasteiger partial charge in [-0.25, -0.2) is 0 Å². The minimum atomic E-state index is -0.00134. The van der Waals surface area contributed by atoms with Crippen molar-refractivity contribution in [2.75, 3.05) is 31.7 Å². The Morgan fingerprint density at radius 2 is 2.33 bits per heavy atom. The highest BCUT2D eigenvalue weighted by atomic mass is 32.2. The Morgan fingerprint density at radius 3 is 3.00 bits per heavy atom. The van der Waals surface area contributed by atoms with E-state index in [0.717, 1.165) is 18.8 Å². The summed E-state index contributed by atoms with van der Waals surface area (Å²) in [6.45, 7) is 3.70. The van der Waals surface area contributed by atoms with Gasteiger partial charge in [0.1, 0.15) is 5.75 Å². The highest BCUT2D eigenvalue weighted by Gasteiger charge is 2.24. The van der Waals surface area contributed by atoms with E-state index in [1.54, 1.807) is 25.3 Å². The summed E-state index contributed by atoms with van der Waals surface area (Å²) >= 11 is 1.90. The van der Waals surface area contributed by atoms with Crippen molar-refractivity contribution in [2.45, 2.75) is 12.2 Å². The molecule has 1 amide bonds. The fourth-order valence-corrected chi connectivity index (χ4v) is 3.10. The van der Waals surface area contributed by atoms with Crippen LogP contribution in [0, 0.1) is 0 Å². The zero-order valence-corrected chi connectivity index (χ0v) is 11.5. The SMILES string of the molecule is COc1cccc(C(=O)N2CCSC(C)C2)c1N. The van der Waals surface area contributed by atoms with Gasteiger partial charge in [0.05, 0.1) is 18.4 Å². The van der Waals surface area contributed by atoms with Crippen molar-refractivity contribution < 1.29 is 9.53 Å². The normalized spacial score (nSPS) is 19.7. The number of benzene rings is 1. The molecule has 1 aromatic carbocycles. The van der Waals surface area contributed by atoms with Crippen LogP contribution in [0.2, 0.25) is 0 Å². The van der Waals surface area contributed by atoms with E-state index < -0.39 is 0 Å². The van der Waals surface area contributed by atoms with Crippen LogP contribution in [0.3, 0.4) is 0 Å². The van der Waals surface area contributed by atoms with Crippen LogP contribution < -0.4 is 10.5 Å². The smallest absolute Gasteiger partial charge is 0.256 e. The Kier molecular flexibility index (Phi) is 4.01. The molecule has 0 saturated carbocycles. The van der Waals surface area contributed by atoms with Crippen LogP contribution in [0.4, 0.5) is 5.69 Å². The summed E-state index contributed by atoms with van der Waals surface area (Å²) in [4.78, 5) is 14.3. The van der Waals surface area contributed by atoms with Crippen molar-refractivity contribution in [3.63, 3.8) is 0 Å². The Bertz CT molecular complexity index is 451. The van der Waals surface area contributed by atoms with Gasteiger partial charge in [-0.2, -0.15) is 11.8 Å². The number of para-hydroxylation sites is 1. The van der Waals surface area contributed by atoms with Gasteiger partial charge in [-0.05, 0) is 12.1 Å². The number of amides is 1. The minimum Gasteiger partial charge on any atom is -0.495 e. The molecule has 98 valence electrons. The molecule has 1 aromatic rings. The monoisotopic (exact) mass is 266 g/mol. The van der Waals surface area contributed by atoms with Gasteiger partial charge >= 0.3 is 0 Å². The van der Waals surface area contributed by atoms with Crippen molar-refractivity contribution in [1.82, 2.24) is 4.90 Å². The molecule has 0 aliphatic carbocycles. The predicted molar refractivity (Wildman–Crippen MR) is 75.2 cm³/mol. The van der Waals surface area contributed by atoms with Crippen LogP contribution in [0.15, 0.2) is 18.2 Å². The van der Waals surface area contributed by atoms with E-state index in [1.165, 1.54) is 0 Å². The summed E-state index contributed by atoms with van der Waals surface area (Å²) in [6, 6.07) is 5.32. The third-order valence-corrected chi connectivity index (χ3v) is 4.18. The van der Waals surface area contributed by atoms with Crippen LogP contribution in [-0.2, 0) is 0 Å². The second kappa shape index (κ2) is 5.52. The number of anilines is 1. The maximum atomic E-state index is 12.4. The summed E-state index contributed by atoms with van der Waals surface area (Å²) in [5.41, 5.74) is 6.92. The Balaban J connectivity index is 2.23. The molecule has 1 heterocycles. The molecule has 2 N–H and O–H groups in total. The molecule has 1 atom stereocenters. The number of hydrogen-bond donors (Lipinski definition) is 1. The molecule has 0 bridgehead atoms. The molecule has 5 heteroatoms. The lowest BCUT2D eigenvalue weighted by atomic mass is 10.1. The number of nitrogens with zero attached hydrogens (tertiary/aromatic N) is 1. The third kappa shape index (κ3) is 2.56. The van der Waals surface area contributed by atoms with Crippen LogP contribution in [0.5, 0.6) is 5.75 Å². The molecule has 0 aromatic heterocycles. The lowest BCUT2D eigenvalue weighted by Crippen LogP contribution is -2.41. The van der Waals surface area contributed by atoms with E-state index in [4.69, 9.17) is 10.5 Å². The van der Waals surface area contributed by atoms with E-state index in [0.29, 0.717) is 22.3 Å². The summed E-state index contributed by atoms with van der Waals surface area (Å²) in [5, 5.41) is 0.481. The van der Waals surface area contributed by atoms with Crippen LogP contribution >= 0.6 is 11.8 Å². The third-order valence-electron chi connectivity index (χ3n) is 3.04. The fourth-order valence-electron chi connectivity index (χ4n) is 2.08. The Labute approximate surface area is 111 Å². The number of nitrogens with two attached hydrogens (primary N) is 1. The average Bonchev–Trinajstić information content (AvgIpc) is 2.38. The number of carbonyl (C=O) groups excluding carboxylic acids is 1. The maximum Gasteiger partial charge on any atom is 0.256 e. The first-order chi connectivity index (χ1) is 8.63. The van der Waals surface area contributed by atoms with Gasteiger partial charge in [-0.1, -0.05) is 13.0 Å². The standard InChI is InChI=1S/C13H18N2O2S/c1-9-8-15(6-7-18-9)13(16)10-4-3-5-11(17-2)12(10)14/h3-5,9H,6-8,14H2,1-2H3. The van der Waals surface area contributed by atoms with Gasteiger partial charge in [0.2, 0.25) is 0 Å². The number of methoxy groups -OCH3 is 1. The summed E-state index contributed by atoms with van der Waals surface area (Å²) in [5.74, 6) is 1.54. The fraction of sp³-hybridized carbons (Fsp3) is 0.462. The van der Waals surface area contributed by atoms with Crippen LogP contribution in [-0.4, -0.2) is 42.0 Å². The number of ether oxygens (including phenoxy) is 1. The van der Waals surface area contributed by atoms with Gasteiger partial charge in [-0.15, -0.1) is 0 Å². The van der Waals surface area contributed by atoms with E-state index in [-0.39, 0.29) is 5.91 Å². The quantitative estimate of drug-likeness (QED) is 0.830. The van der Waals surface area contributed by atoms with Crippen molar-refractivity contribution in [1.29, 1.82) is 0 Å². The zero-order valence-electron chi connectivity index (χ0n) is 10.7. The van der Waals surface area contributed by atoms with Gasteiger partial charge in [0, 0.05) is 24.1 Å². The van der Waals surface area contributed by atoms with Crippen molar-refractivity contribution in [3.05, 3.63) is 23.8 Å². The van der Waals surface area contributed by atoms with E-state index in [9.17, 15) is 4.79 Å². The second-order valence-corrected chi connectivity index (χ2v) is 5.90. The largest absolute Gasteiger partial charge is 0.495 e. The highest BCUT2D eigenvalue weighted by Crippen LogP contribution is 2.27. The first-order valence-corrected chi connectivity index (χ1v) is 7.01. The van der Waals surface area contributed by atoms with E-state index >= 15 is 0 Å². The maximum absolute atomic E-state index is 12.4. The summed E-state index contributed by atoms with van der Waals surface area (Å²) in [7, 11) is 1.56. The lowest BCUT2D eigenvalue weighted by Gasteiger charge is -2.31. The minimum absolute atomic E-state index is 0.00134. The summed E-state index contributed by atoms with van der Waals surface area (Å²) in [6.07, 6.45) is 0. The summed E-state index contributed by atoms with van der Waals surface area (Å²) < 4.78 is 5.14. The number of rotatable bonds is 2. The molecular formula is C13H18N2O2S. The van der Waals surface area contributed by atoms with Gasteiger partial charge in [0.15, 0.2) is 0 Å². The molecular weight excluding hydrogens is 248 g/mol. The van der Waals surface area contributed by atoms with Crippen molar-refractivity contribution >= 4 is 23.4 Å². The first kappa shape index (κ1) is 13.1. The molecule has 0 spiro atoms. The van der Waals surface area contributed by atoms with Gasteiger partial charge in [-0.3, -0.25) is 4.79 Å². The Hall–Kier alpha value is -1.36. The average molecular weight is 266 g/mol. The number of nitrogen functional groups attached to an aromatic ring is 1. The molecule has 1 aliphatic heterocycles. The van der Waals surface area contributed by atoms with Crippen LogP contribution in [0.25, 0.3) is 0 Å². The number of thioether (sulfide) groups is 1. The second-order valence-electron chi connectivity index (χ2n) is 4.35. The molecule has 1 aliphatic rings. The molecule has 1 saturated heterocycles. The highest BCUT2D eigenvalue weighted by molar-refractivity contribution is 7.99. The number of carbonyl (C=O) groups is 1. The molecule has 1 fully saturated rings. The van der Waals surface area contributed by atoms with Gasteiger partial charge in [0.25, 0.3) is 5.91 Å². The molecule has 0 radical (unpaired) electrons. The predicted octanol–water partition coefficient (Wildman–Crippen LogP) is 1.85. The molecule has 18 heavy (non-hydrogen) atoms. The van der Waals surface area contributed by atoms with Gasteiger partial charge < -0.3 is 15.4 Å². The van der Waals surface area contributed by atoms with Crippen molar-refractivity contribution in [3.8, 4) is 5.75 Å². The topological polar surface area (TPSA) is 55.6 Å². The Morgan fingerprint density at radius 1 is 1.56 bits per heavy atom. The molecule has 1 unspecified atom stereocenters. The molecule has 4 nitrogen and oxygen atoms in total.